The molecule has 0 unspecified atom stereocenters. The van der Waals surface area contributed by atoms with Gasteiger partial charge in [0.15, 0.2) is 6.61 Å². The van der Waals surface area contributed by atoms with Gasteiger partial charge in [-0.05, 0) is 40.5 Å². The molecule has 0 fully saturated rings. The molecule has 0 aromatic heterocycles. The lowest BCUT2D eigenvalue weighted by molar-refractivity contribution is -0.290. The van der Waals surface area contributed by atoms with Crippen LogP contribution in [0.5, 0.6) is 5.75 Å². The Morgan fingerprint density at radius 1 is 1.18 bits per heavy atom. The molecule has 0 amide bonds. The maximum absolute atomic E-state index is 12.6. The summed E-state index contributed by atoms with van der Waals surface area (Å²) in [5.74, 6) is -4.91. The lowest BCUT2D eigenvalue weighted by Gasteiger charge is -2.20. The summed E-state index contributed by atoms with van der Waals surface area (Å²) in [4.78, 5) is 0. The van der Waals surface area contributed by atoms with Crippen LogP contribution in [-0.2, 0) is 0 Å². The minimum Gasteiger partial charge on any atom is -0.486 e. The van der Waals surface area contributed by atoms with Crippen molar-refractivity contribution in [3.8, 4) is 5.75 Å². The molecule has 1 rings (SSSR count). The zero-order valence-electron chi connectivity index (χ0n) is 8.62. The van der Waals surface area contributed by atoms with Crippen LogP contribution in [0.3, 0.4) is 0 Å². The summed E-state index contributed by atoms with van der Waals surface area (Å²) in [7, 11) is 0. The predicted octanol–water partition coefficient (Wildman–Crippen LogP) is 4.33. The molecule has 1 nitrogen and oxygen atoms in total. The SMILES string of the molecule is Cc1ccc(Br)c(OCC(F)(F)C(F)(F)F)c1. The molecule has 0 spiro atoms. The van der Waals surface area contributed by atoms with Crippen molar-refractivity contribution in [2.45, 2.75) is 19.0 Å². The Morgan fingerprint density at radius 2 is 1.76 bits per heavy atom. The van der Waals surface area contributed by atoms with E-state index in [-0.39, 0.29) is 5.75 Å². The molecule has 1 aromatic carbocycles. The van der Waals surface area contributed by atoms with E-state index in [1.807, 2.05) is 0 Å². The molecule has 96 valence electrons. The van der Waals surface area contributed by atoms with Gasteiger partial charge in [0, 0.05) is 0 Å². The first-order valence-electron chi connectivity index (χ1n) is 4.47. The third-order valence-electron chi connectivity index (χ3n) is 1.91. The summed E-state index contributed by atoms with van der Waals surface area (Å²) in [6.45, 7) is -0.0697. The highest BCUT2D eigenvalue weighted by molar-refractivity contribution is 9.10. The van der Waals surface area contributed by atoms with Gasteiger partial charge in [0.25, 0.3) is 0 Å². The number of benzene rings is 1. The fourth-order valence-corrected chi connectivity index (χ4v) is 1.33. The molecule has 0 heterocycles. The molecule has 0 radical (unpaired) electrons. The minimum absolute atomic E-state index is 0.0473. The molecule has 0 atom stereocenters. The summed E-state index contributed by atoms with van der Waals surface area (Å²) in [5.41, 5.74) is 0.693. The van der Waals surface area contributed by atoms with Crippen molar-refractivity contribution in [1.29, 1.82) is 0 Å². The van der Waals surface area contributed by atoms with E-state index in [1.165, 1.54) is 12.1 Å². The van der Waals surface area contributed by atoms with E-state index in [4.69, 9.17) is 0 Å². The lowest BCUT2D eigenvalue weighted by atomic mass is 10.2. The molecule has 7 heteroatoms. The number of aryl methyl sites for hydroxylation is 1. The van der Waals surface area contributed by atoms with Gasteiger partial charge in [-0.2, -0.15) is 22.0 Å². The van der Waals surface area contributed by atoms with Crippen molar-refractivity contribution in [2.75, 3.05) is 6.61 Å². The van der Waals surface area contributed by atoms with Gasteiger partial charge in [-0.15, -0.1) is 0 Å². The van der Waals surface area contributed by atoms with E-state index >= 15 is 0 Å². The maximum Gasteiger partial charge on any atom is 0.456 e. The Kier molecular flexibility index (Phi) is 4.01. The second-order valence-corrected chi connectivity index (χ2v) is 4.28. The van der Waals surface area contributed by atoms with Gasteiger partial charge in [0.05, 0.1) is 4.47 Å². The standard InChI is InChI=1S/C10H8BrF5O/c1-6-2-3-7(11)8(4-6)17-5-9(12,13)10(14,15)16/h2-4H,5H2,1H3. The average Bonchev–Trinajstić information content (AvgIpc) is 2.18. The van der Waals surface area contributed by atoms with Crippen LogP contribution in [0, 0.1) is 6.92 Å². The van der Waals surface area contributed by atoms with Crippen molar-refractivity contribution >= 4 is 15.9 Å². The molecular formula is C10H8BrF5O. The van der Waals surface area contributed by atoms with Gasteiger partial charge in [0.2, 0.25) is 0 Å². The summed E-state index contributed by atoms with van der Waals surface area (Å²) in [6.07, 6.45) is -5.61. The monoisotopic (exact) mass is 318 g/mol. The Bertz CT molecular complexity index is 402. The fraction of sp³-hybridized carbons (Fsp3) is 0.400. The van der Waals surface area contributed by atoms with Gasteiger partial charge in [-0.25, -0.2) is 0 Å². The molecule has 1 aromatic rings. The molecule has 0 bridgehead atoms. The minimum atomic E-state index is -5.61. The van der Waals surface area contributed by atoms with Crippen LogP contribution in [0.25, 0.3) is 0 Å². The van der Waals surface area contributed by atoms with E-state index in [2.05, 4.69) is 20.7 Å². The molecule has 17 heavy (non-hydrogen) atoms. The summed E-state index contributed by atoms with van der Waals surface area (Å²) >= 11 is 3.00. The number of hydrogen-bond acceptors (Lipinski definition) is 1. The average molecular weight is 319 g/mol. The highest BCUT2D eigenvalue weighted by atomic mass is 79.9. The molecule has 0 saturated carbocycles. The number of ether oxygens (including phenoxy) is 1. The Balaban J connectivity index is 2.77. The van der Waals surface area contributed by atoms with Gasteiger partial charge >= 0.3 is 12.1 Å². The van der Waals surface area contributed by atoms with Crippen LogP contribution >= 0.6 is 15.9 Å². The first-order chi connectivity index (χ1) is 7.63. The quantitative estimate of drug-likeness (QED) is 0.754. The number of hydrogen-bond donors (Lipinski definition) is 0. The van der Waals surface area contributed by atoms with Gasteiger partial charge < -0.3 is 4.74 Å². The van der Waals surface area contributed by atoms with Crippen molar-refractivity contribution in [2.24, 2.45) is 0 Å². The Labute approximate surface area is 103 Å². The lowest BCUT2D eigenvalue weighted by Crippen LogP contribution is -2.41. The van der Waals surface area contributed by atoms with Crippen LogP contribution in [0.4, 0.5) is 22.0 Å². The van der Waals surface area contributed by atoms with E-state index in [9.17, 15) is 22.0 Å². The fourth-order valence-electron chi connectivity index (χ4n) is 0.971. The number of halogens is 6. The molecule has 0 N–H and O–H groups in total. The van der Waals surface area contributed by atoms with Crippen molar-refractivity contribution < 1.29 is 26.7 Å². The zero-order chi connectivity index (χ0) is 13.3. The molecule has 0 aliphatic heterocycles. The van der Waals surface area contributed by atoms with Crippen LogP contribution in [0.15, 0.2) is 22.7 Å². The summed E-state index contributed by atoms with van der Waals surface area (Å²) in [5, 5.41) is 0. The Morgan fingerprint density at radius 3 is 2.29 bits per heavy atom. The van der Waals surface area contributed by atoms with Gasteiger partial charge in [-0.1, -0.05) is 6.07 Å². The van der Waals surface area contributed by atoms with E-state index in [0.29, 0.717) is 10.0 Å². The predicted molar refractivity (Wildman–Crippen MR) is 55.4 cm³/mol. The molecule has 0 aliphatic carbocycles. The van der Waals surface area contributed by atoms with E-state index in [1.54, 1.807) is 13.0 Å². The maximum atomic E-state index is 12.6. The van der Waals surface area contributed by atoms with Crippen LogP contribution in [0.1, 0.15) is 5.56 Å². The number of rotatable bonds is 3. The van der Waals surface area contributed by atoms with Crippen LogP contribution in [-0.4, -0.2) is 18.7 Å². The van der Waals surface area contributed by atoms with Crippen molar-refractivity contribution in [3.05, 3.63) is 28.2 Å². The van der Waals surface area contributed by atoms with Gasteiger partial charge in [-0.3, -0.25) is 0 Å². The zero-order valence-corrected chi connectivity index (χ0v) is 10.2. The highest BCUT2D eigenvalue weighted by Gasteiger charge is 2.58. The van der Waals surface area contributed by atoms with Crippen molar-refractivity contribution in [3.63, 3.8) is 0 Å². The Hall–Kier alpha value is -0.850. The third kappa shape index (κ3) is 3.55. The third-order valence-corrected chi connectivity index (χ3v) is 2.57. The second kappa shape index (κ2) is 4.80. The van der Waals surface area contributed by atoms with E-state index < -0.39 is 18.7 Å². The topological polar surface area (TPSA) is 9.23 Å². The van der Waals surface area contributed by atoms with Crippen LogP contribution < -0.4 is 4.74 Å². The molecule has 0 aliphatic rings. The molecule has 0 saturated heterocycles. The van der Waals surface area contributed by atoms with E-state index in [0.717, 1.165) is 0 Å². The largest absolute Gasteiger partial charge is 0.486 e. The van der Waals surface area contributed by atoms with Gasteiger partial charge in [0.1, 0.15) is 5.75 Å². The number of alkyl halides is 5. The normalized spacial score (nSPS) is 12.6. The smallest absolute Gasteiger partial charge is 0.456 e. The van der Waals surface area contributed by atoms with Crippen LogP contribution in [0.2, 0.25) is 0 Å². The second-order valence-electron chi connectivity index (χ2n) is 3.42. The first kappa shape index (κ1) is 14.2. The highest BCUT2D eigenvalue weighted by Crippen LogP contribution is 2.36. The van der Waals surface area contributed by atoms with Crippen molar-refractivity contribution in [1.82, 2.24) is 0 Å². The first-order valence-corrected chi connectivity index (χ1v) is 5.26. The summed E-state index contributed by atoms with van der Waals surface area (Å²) in [6, 6.07) is 4.55. The molecular weight excluding hydrogens is 311 g/mol. The summed E-state index contributed by atoms with van der Waals surface area (Å²) < 4.78 is 65.6.